The number of nitrogens with zero attached hydrogens (tertiary/aromatic N) is 1. The number of rotatable bonds is 1. The maximum atomic E-state index is 13.8. The molecule has 1 amide bonds. The molecule has 2 rings (SSSR count). The molecular formula is C12H13BrFNO3. The molecule has 2 N–H and O–H groups in total. The van der Waals surface area contributed by atoms with Crippen LogP contribution in [0.25, 0.3) is 0 Å². The zero-order valence-corrected chi connectivity index (χ0v) is 11.2. The molecule has 1 aliphatic heterocycles. The summed E-state index contributed by atoms with van der Waals surface area (Å²) in [7, 11) is 0. The van der Waals surface area contributed by atoms with E-state index < -0.39 is 17.5 Å². The highest BCUT2D eigenvalue weighted by molar-refractivity contribution is 9.10. The van der Waals surface area contributed by atoms with Gasteiger partial charge >= 0.3 is 6.09 Å². The molecule has 0 spiro atoms. The van der Waals surface area contributed by atoms with Crippen molar-refractivity contribution in [2.75, 3.05) is 13.1 Å². The number of benzene rings is 1. The van der Waals surface area contributed by atoms with Crippen molar-refractivity contribution in [2.45, 2.75) is 18.4 Å². The van der Waals surface area contributed by atoms with Gasteiger partial charge < -0.3 is 15.1 Å². The van der Waals surface area contributed by atoms with Crippen molar-refractivity contribution in [3.05, 3.63) is 34.1 Å². The second kappa shape index (κ2) is 4.85. The molecule has 0 aliphatic carbocycles. The molecule has 0 unspecified atom stereocenters. The first-order valence-electron chi connectivity index (χ1n) is 5.58. The lowest BCUT2D eigenvalue weighted by atomic mass is 9.84. The van der Waals surface area contributed by atoms with E-state index in [1.54, 1.807) is 6.07 Å². The van der Waals surface area contributed by atoms with Gasteiger partial charge in [-0.2, -0.15) is 0 Å². The van der Waals surface area contributed by atoms with Crippen LogP contribution in [0.15, 0.2) is 22.7 Å². The fourth-order valence-corrected chi connectivity index (χ4v) is 2.54. The minimum Gasteiger partial charge on any atom is -0.465 e. The number of aliphatic hydroxyl groups is 1. The predicted molar refractivity (Wildman–Crippen MR) is 66.8 cm³/mol. The Morgan fingerprint density at radius 2 is 2.00 bits per heavy atom. The van der Waals surface area contributed by atoms with E-state index in [4.69, 9.17) is 5.11 Å². The summed E-state index contributed by atoms with van der Waals surface area (Å²) in [4.78, 5) is 12.0. The number of likely N-dealkylation sites (tertiary alicyclic amines) is 1. The summed E-state index contributed by atoms with van der Waals surface area (Å²) in [5.74, 6) is -0.476. The van der Waals surface area contributed by atoms with Crippen LogP contribution in [-0.2, 0) is 5.60 Å². The second-order valence-electron chi connectivity index (χ2n) is 4.43. The van der Waals surface area contributed by atoms with Crippen molar-refractivity contribution in [3.63, 3.8) is 0 Å². The lowest BCUT2D eigenvalue weighted by Gasteiger charge is -2.37. The maximum Gasteiger partial charge on any atom is 0.407 e. The van der Waals surface area contributed by atoms with Crippen LogP contribution in [0.1, 0.15) is 18.4 Å². The smallest absolute Gasteiger partial charge is 0.407 e. The van der Waals surface area contributed by atoms with Crippen LogP contribution in [0.4, 0.5) is 9.18 Å². The van der Waals surface area contributed by atoms with Crippen LogP contribution in [0.3, 0.4) is 0 Å². The van der Waals surface area contributed by atoms with Crippen molar-refractivity contribution in [2.24, 2.45) is 0 Å². The summed E-state index contributed by atoms with van der Waals surface area (Å²) in [6.45, 7) is 0.419. The fourth-order valence-electron chi connectivity index (χ4n) is 2.20. The number of piperidine rings is 1. The lowest BCUT2D eigenvalue weighted by Crippen LogP contribution is -2.45. The highest BCUT2D eigenvalue weighted by atomic mass is 79.9. The van der Waals surface area contributed by atoms with Crippen LogP contribution in [-0.4, -0.2) is 34.3 Å². The van der Waals surface area contributed by atoms with Gasteiger partial charge in [0.25, 0.3) is 0 Å². The van der Waals surface area contributed by atoms with Gasteiger partial charge in [0, 0.05) is 23.1 Å². The molecule has 1 aromatic rings. The zero-order chi connectivity index (χ0) is 13.3. The first-order chi connectivity index (χ1) is 8.42. The Bertz CT molecular complexity index is 472. The maximum absolute atomic E-state index is 13.8. The number of carboxylic acid groups (broad SMARTS) is 1. The number of hydrogen-bond acceptors (Lipinski definition) is 2. The van der Waals surface area contributed by atoms with Crippen LogP contribution in [0.5, 0.6) is 0 Å². The van der Waals surface area contributed by atoms with E-state index >= 15 is 0 Å². The van der Waals surface area contributed by atoms with E-state index in [0.29, 0.717) is 4.47 Å². The zero-order valence-electron chi connectivity index (χ0n) is 9.57. The normalized spacial score (nSPS) is 18.7. The molecule has 1 saturated heterocycles. The molecule has 1 aromatic carbocycles. The topological polar surface area (TPSA) is 60.8 Å². The highest BCUT2D eigenvalue weighted by Crippen LogP contribution is 2.35. The van der Waals surface area contributed by atoms with E-state index in [0.717, 1.165) is 0 Å². The summed E-state index contributed by atoms with van der Waals surface area (Å²) in [6, 6.07) is 4.51. The Hall–Kier alpha value is -1.14. The summed E-state index contributed by atoms with van der Waals surface area (Å²) in [5, 5.41) is 19.3. The van der Waals surface area contributed by atoms with Gasteiger partial charge in [0.1, 0.15) is 5.82 Å². The van der Waals surface area contributed by atoms with Gasteiger partial charge in [0.15, 0.2) is 0 Å². The van der Waals surface area contributed by atoms with E-state index in [1.165, 1.54) is 17.0 Å². The SMILES string of the molecule is O=C(O)N1CCC(O)(c2ccc(Br)cc2F)CC1. The standard InChI is InChI=1S/C12H13BrFNO3/c13-8-1-2-9(10(14)7-8)12(18)3-5-15(6-4-12)11(16)17/h1-2,7,18H,3-6H2,(H,16,17). The number of carbonyl (C=O) groups is 1. The van der Waals surface area contributed by atoms with Crippen LogP contribution in [0, 0.1) is 5.82 Å². The van der Waals surface area contributed by atoms with Gasteiger partial charge in [-0.15, -0.1) is 0 Å². The van der Waals surface area contributed by atoms with Gasteiger partial charge in [-0.1, -0.05) is 22.0 Å². The summed E-state index contributed by atoms with van der Waals surface area (Å²) >= 11 is 3.16. The van der Waals surface area contributed by atoms with Crippen molar-refractivity contribution in [1.29, 1.82) is 0 Å². The highest BCUT2D eigenvalue weighted by Gasteiger charge is 2.37. The van der Waals surface area contributed by atoms with Crippen LogP contribution >= 0.6 is 15.9 Å². The average Bonchev–Trinajstić information content (AvgIpc) is 2.29. The first-order valence-corrected chi connectivity index (χ1v) is 6.37. The third-order valence-electron chi connectivity index (χ3n) is 3.29. The number of halogens is 2. The summed E-state index contributed by atoms with van der Waals surface area (Å²) in [6.07, 6.45) is -0.594. The molecule has 0 aromatic heterocycles. The molecule has 0 bridgehead atoms. The first kappa shape index (κ1) is 13.3. The van der Waals surface area contributed by atoms with E-state index in [1.807, 2.05) is 0 Å². The predicted octanol–water partition coefficient (Wildman–Crippen LogP) is 2.55. The Morgan fingerprint density at radius 3 is 2.50 bits per heavy atom. The van der Waals surface area contributed by atoms with Gasteiger partial charge in [-0.05, 0) is 25.0 Å². The van der Waals surface area contributed by atoms with Gasteiger partial charge in [0.05, 0.1) is 5.60 Å². The largest absolute Gasteiger partial charge is 0.465 e. The molecule has 1 heterocycles. The van der Waals surface area contributed by atoms with Crippen LogP contribution in [0.2, 0.25) is 0 Å². The van der Waals surface area contributed by atoms with E-state index in [-0.39, 0.29) is 31.5 Å². The second-order valence-corrected chi connectivity index (χ2v) is 5.34. The molecule has 98 valence electrons. The quantitative estimate of drug-likeness (QED) is 0.836. The Kier molecular flexibility index (Phi) is 3.59. The monoisotopic (exact) mass is 317 g/mol. The lowest BCUT2D eigenvalue weighted by molar-refractivity contribution is -0.0238. The molecular weight excluding hydrogens is 305 g/mol. The molecule has 18 heavy (non-hydrogen) atoms. The summed E-state index contributed by atoms with van der Waals surface area (Å²) in [5.41, 5.74) is -1.05. The molecule has 0 saturated carbocycles. The van der Waals surface area contributed by atoms with Gasteiger partial charge in [0.2, 0.25) is 0 Å². The van der Waals surface area contributed by atoms with Gasteiger partial charge in [-0.25, -0.2) is 9.18 Å². The van der Waals surface area contributed by atoms with Crippen LogP contribution < -0.4 is 0 Å². The number of hydrogen-bond donors (Lipinski definition) is 2. The minimum absolute atomic E-state index is 0.206. The molecule has 6 heteroatoms. The molecule has 0 radical (unpaired) electrons. The Morgan fingerprint density at radius 1 is 1.39 bits per heavy atom. The molecule has 1 fully saturated rings. The third kappa shape index (κ3) is 2.49. The third-order valence-corrected chi connectivity index (χ3v) is 3.79. The van der Waals surface area contributed by atoms with Crippen molar-refractivity contribution >= 4 is 22.0 Å². The molecule has 0 atom stereocenters. The van der Waals surface area contributed by atoms with E-state index in [2.05, 4.69) is 15.9 Å². The van der Waals surface area contributed by atoms with Gasteiger partial charge in [-0.3, -0.25) is 0 Å². The Balaban J connectivity index is 2.20. The molecule has 4 nitrogen and oxygen atoms in total. The minimum atomic E-state index is -1.28. The fraction of sp³-hybridized carbons (Fsp3) is 0.417. The summed E-state index contributed by atoms with van der Waals surface area (Å²) < 4.78 is 14.4. The van der Waals surface area contributed by atoms with Crippen molar-refractivity contribution in [1.82, 2.24) is 4.90 Å². The molecule has 1 aliphatic rings. The van der Waals surface area contributed by atoms with E-state index in [9.17, 15) is 14.3 Å². The number of amides is 1. The van der Waals surface area contributed by atoms with Crippen molar-refractivity contribution < 1.29 is 19.4 Å². The average molecular weight is 318 g/mol. The van der Waals surface area contributed by atoms with Crippen molar-refractivity contribution in [3.8, 4) is 0 Å². The Labute approximate surface area is 112 Å².